The van der Waals surface area contributed by atoms with Gasteiger partial charge in [-0.2, -0.15) is 0 Å². The fraction of sp³-hybridized carbons (Fsp3) is 0.133. The molecule has 0 atom stereocenters. The quantitative estimate of drug-likeness (QED) is 0.841. The van der Waals surface area contributed by atoms with E-state index in [4.69, 9.17) is 16.1 Å². The van der Waals surface area contributed by atoms with Crippen LogP contribution < -0.4 is 0 Å². The highest BCUT2D eigenvalue weighted by molar-refractivity contribution is 5.94. The second kappa shape index (κ2) is 6.39. The first-order valence-electron chi connectivity index (χ1n) is 6.08. The topological polar surface area (TPSA) is 83.6 Å². The summed E-state index contributed by atoms with van der Waals surface area (Å²) in [7, 11) is 0. The van der Waals surface area contributed by atoms with Crippen molar-refractivity contribution in [2.75, 3.05) is 13.1 Å². The average Bonchev–Trinajstić information content (AvgIpc) is 2.96. The molecule has 6 nitrogen and oxygen atoms in total. The van der Waals surface area contributed by atoms with Gasteiger partial charge in [-0.05, 0) is 0 Å². The summed E-state index contributed by atoms with van der Waals surface area (Å²) in [6, 6.07) is 10.6. The lowest BCUT2D eigenvalue weighted by Crippen LogP contribution is -2.35. The number of nitrogens with zero attached hydrogens (tertiary/aromatic N) is 2. The van der Waals surface area contributed by atoms with E-state index < -0.39 is 18.4 Å². The molecule has 0 spiro atoms. The minimum Gasteiger partial charge on any atom is -0.480 e. The maximum absolute atomic E-state index is 12.1. The maximum atomic E-state index is 12.1. The number of carbonyl (C=O) groups excluding carboxylic acids is 1. The van der Waals surface area contributed by atoms with E-state index in [1.165, 1.54) is 6.07 Å². The third-order valence-electron chi connectivity index (χ3n) is 2.69. The SMILES string of the molecule is C#CCN(CC(=O)O)C(=O)c1cc(-c2ccccc2)no1. The van der Waals surface area contributed by atoms with Crippen LogP contribution in [0.5, 0.6) is 0 Å². The van der Waals surface area contributed by atoms with Crippen LogP contribution in [0, 0.1) is 12.3 Å². The van der Waals surface area contributed by atoms with Gasteiger partial charge in [0.25, 0.3) is 5.91 Å². The Balaban J connectivity index is 2.22. The van der Waals surface area contributed by atoms with Crippen molar-refractivity contribution in [3.63, 3.8) is 0 Å². The third kappa shape index (κ3) is 3.48. The van der Waals surface area contributed by atoms with Gasteiger partial charge < -0.3 is 14.5 Å². The number of carboxylic acid groups (broad SMARTS) is 1. The fourth-order valence-corrected chi connectivity index (χ4v) is 1.75. The molecule has 2 rings (SSSR count). The van der Waals surface area contributed by atoms with E-state index in [1.807, 2.05) is 30.3 Å². The summed E-state index contributed by atoms with van der Waals surface area (Å²) in [5.74, 6) is 0.433. The van der Waals surface area contributed by atoms with Crippen LogP contribution in [0.15, 0.2) is 40.9 Å². The number of terminal acetylenes is 1. The summed E-state index contributed by atoms with van der Waals surface area (Å²) in [5.41, 5.74) is 1.29. The molecule has 1 heterocycles. The molecule has 0 aliphatic rings. The van der Waals surface area contributed by atoms with E-state index in [9.17, 15) is 9.59 Å². The van der Waals surface area contributed by atoms with Gasteiger partial charge in [0.2, 0.25) is 5.76 Å². The Bertz CT molecular complexity index is 685. The van der Waals surface area contributed by atoms with Crippen molar-refractivity contribution in [1.82, 2.24) is 10.1 Å². The largest absolute Gasteiger partial charge is 0.480 e. The van der Waals surface area contributed by atoms with Crippen molar-refractivity contribution < 1.29 is 19.2 Å². The van der Waals surface area contributed by atoms with Crippen LogP contribution in [-0.4, -0.2) is 40.1 Å². The van der Waals surface area contributed by atoms with Gasteiger partial charge in [-0.1, -0.05) is 41.4 Å². The highest BCUT2D eigenvalue weighted by Gasteiger charge is 2.22. The van der Waals surface area contributed by atoms with Crippen molar-refractivity contribution >= 4 is 11.9 Å². The van der Waals surface area contributed by atoms with Crippen LogP contribution in [0.2, 0.25) is 0 Å². The lowest BCUT2D eigenvalue weighted by Gasteiger charge is -2.15. The van der Waals surface area contributed by atoms with Crippen LogP contribution in [0.4, 0.5) is 0 Å². The average molecular weight is 284 g/mol. The molecule has 1 aromatic carbocycles. The highest BCUT2D eigenvalue weighted by atomic mass is 16.5. The molecular weight excluding hydrogens is 272 g/mol. The minimum atomic E-state index is -1.15. The van der Waals surface area contributed by atoms with Gasteiger partial charge in [0.1, 0.15) is 12.2 Å². The van der Waals surface area contributed by atoms with Crippen LogP contribution >= 0.6 is 0 Å². The maximum Gasteiger partial charge on any atom is 0.323 e. The van der Waals surface area contributed by atoms with Crippen molar-refractivity contribution in [3.05, 3.63) is 42.2 Å². The summed E-state index contributed by atoms with van der Waals surface area (Å²) >= 11 is 0. The molecule has 0 bridgehead atoms. The molecule has 0 saturated carbocycles. The number of carboxylic acids is 1. The van der Waals surface area contributed by atoms with E-state index in [2.05, 4.69) is 11.1 Å². The molecule has 2 aromatic rings. The number of aromatic nitrogens is 1. The van der Waals surface area contributed by atoms with Crippen molar-refractivity contribution in [1.29, 1.82) is 0 Å². The number of rotatable bonds is 5. The zero-order chi connectivity index (χ0) is 15.2. The summed E-state index contributed by atoms with van der Waals surface area (Å²) in [6.07, 6.45) is 5.13. The van der Waals surface area contributed by atoms with E-state index in [1.54, 1.807) is 0 Å². The predicted octanol–water partition coefficient (Wildman–Crippen LogP) is 1.50. The van der Waals surface area contributed by atoms with Crippen LogP contribution in [-0.2, 0) is 4.79 Å². The molecule has 0 aliphatic carbocycles. The Kier molecular flexibility index (Phi) is 4.36. The van der Waals surface area contributed by atoms with Crippen molar-refractivity contribution in [2.24, 2.45) is 0 Å². The minimum absolute atomic E-state index is 0.0506. The molecule has 1 amide bonds. The lowest BCUT2D eigenvalue weighted by molar-refractivity contribution is -0.137. The third-order valence-corrected chi connectivity index (χ3v) is 2.69. The van der Waals surface area contributed by atoms with Gasteiger partial charge in [0.15, 0.2) is 0 Å². The Morgan fingerprint density at radius 2 is 2.05 bits per heavy atom. The van der Waals surface area contributed by atoms with Crippen LogP contribution in [0.1, 0.15) is 10.6 Å². The van der Waals surface area contributed by atoms with Crippen molar-refractivity contribution in [2.45, 2.75) is 0 Å². The number of hydrogen-bond acceptors (Lipinski definition) is 4. The second-order valence-corrected chi connectivity index (χ2v) is 4.20. The standard InChI is InChI=1S/C15H12N2O4/c1-2-8-17(10-14(18)19)15(20)13-9-12(16-21-13)11-6-4-3-5-7-11/h1,3-7,9H,8,10H2,(H,18,19). The molecule has 0 fully saturated rings. The van der Waals surface area contributed by atoms with E-state index in [0.717, 1.165) is 10.5 Å². The van der Waals surface area contributed by atoms with E-state index in [-0.39, 0.29) is 12.3 Å². The lowest BCUT2D eigenvalue weighted by atomic mass is 10.1. The van der Waals surface area contributed by atoms with Gasteiger partial charge in [-0.25, -0.2) is 0 Å². The second-order valence-electron chi connectivity index (χ2n) is 4.20. The first kappa shape index (κ1) is 14.3. The van der Waals surface area contributed by atoms with E-state index >= 15 is 0 Å². The number of benzene rings is 1. The zero-order valence-corrected chi connectivity index (χ0v) is 11.0. The Morgan fingerprint density at radius 1 is 1.33 bits per heavy atom. The number of carbonyl (C=O) groups is 2. The van der Waals surface area contributed by atoms with Gasteiger partial charge >= 0.3 is 5.97 Å². The van der Waals surface area contributed by atoms with Gasteiger partial charge in [-0.15, -0.1) is 6.42 Å². The molecule has 0 saturated heterocycles. The molecule has 0 radical (unpaired) electrons. The molecule has 21 heavy (non-hydrogen) atoms. The zero-order valence-electron chi connectivity index (χ0n) is 11.0. The smallest absolute Gasteiger partial charge is 0.323 e. The molecule has 1 aromatic heterocycles. The molecular formula is C15H12N2O4. The van der Waals surface area contributed by atoms with Crippen molar-refractivity contribution in [3.8, 4) is 23.6 Å². The highest BCUT2D eigenvalue weighted by Crippen LogP contribution is 2.19. The molecule has 0 aliphatic heterocycles. The number of hydrogen-bond donors (Lipinski definition) is 1. The fourth-order valence-electron chi connectivity index (χ4n) is 1.75. The molecule has 6 heteroatoms. The molecule has 106 valence electrons. The Labute approximate surface area is 121 Å². The molecule has 1 N–H and O–H groups in total. The Hall–Kier alpha value is -3.07. The van der Waals surface area contributed by atoms with Gasteiger partial charge in [0, 0.05) is 11.6 Å². The summed E-state index contributed by atoms with van der Waals surface area (Å²) in [4.78, 5) is 23.9. The first-order valence-corrected chi connectivity index (χ1v) is 6.08. The van der Waals surface area contributed by atoms with Gasteiger partial charge in [-0.3, -0.25) is 9.59 Å². The summed E-state index contributed by atoms with van der Waals surface area (Å²) in [5, 5.41) is 12.6. The monoisotopic (exact) mass is 284 g/mol. The summed E-state index contributed by atoms with van der Waals surface area (Å²) < 4.78 is 4.99. The van der Waals surface area contributed by atoms with Gasteiger partial charge in [0.05, 0.1) is 6.54 Å². The normalized spacial score (nSPS) is 9.86. The number of amides is 1. The molecule has 0 unspecified atom stereocenters. The van der Waals surface area contributed by atoms with Crippen LogP contribution in [0.3, 0.4) is 0 Å². The van der Waals surface area contributed by atoms with E-state index in [0.29, 0.717) is 5.69 Å². The van der Waals surface area contributed by atoms with Crippen LogP contribution in [0.25, 0.3) is 11.3 Å². The predicted molar refractivity (Wildman–Crippen MR) is 74.3 cm³/mol. The first-order chi connectivity index (χ1) is 10.1. The summed E-state index contributed by atoms with van der Waals surface area (Å²) in [6.45, 7) is -0.614. The number of aliphatic carboxylic acids is 1. The Morgan fingerprint density at radius 3 is 2.67 bits per heavy atom.